The Balaban J connectivity index is 1.60. The summed E-state index contributed by atoms with van der Waals surface area (Å²) in [4.78, 5) is 9.68. The predicted molar refractivity (Wildman–Crippen MR) is 101 cm³/mol. The van der Waals surface area contributed by atoms with Gasteiger partial charge in [-0.1, -0.05) is 12.1 Å². The summed E-state index contributed by atoms with van der Waals surface area (Å²) in [6.07, 6.45) is 0. The summed E-state index contributed by atoms with van der Waals surface area (Å²) in [6, 6.07) is 12.9. The van der Waals surface area contributed by atoms with Crippen molar-refractivity contribution >= 4 is 21.6 Å². The standard InChI is InChI=1S/C19H22BrN3O2/c1-24-16-4-2-14(3-5-16)10-22-11-15-13-25-9-8-23(15)18-6-7-19(20)21-17(18)12-22/h2-7,15H,8-13H2,1H3. The maximum Gasteiger partial charge on any atom is 0.118 e. The molecule has 0 spiro atoms. The Morgan fingerprint density at radius 2 is 2.08 bits per heavy atom. The first-order chi connectivity index (χ1) is 12.2. The van der Waals surface area contributed by atoms with Crippen molar-refractivity contribution in [3.63, 3.8) is 0 Å². The maximum absolute atomic E-state index is 5.75. The van der Waals surface area contributed by atoms with Crippen LogP contribution in [0.3, 0.4) is 0 Å². The molecule has 2 aliphatic heterocycles. The topological polar surface area (TPSA) is 37.8 Å². The van der Waals surface area contributed by atoms with E-state index in [1.807, 2.05) is 18.2 Å². The van der Waals surface area contributed by atoms with Gasteiger partial charge in [-0.3, -0.25) is 4.90 Å². The van der Waals surface area contributed by atoms with Crippen LogP contribution in [0.25, 0.3) is 0 Å². The molecule has 0 N–H and O–H groups in total. The molecule has 25 heavy (non-hydrogen) atoms. The summed E-state index contributed by atoms with van der Waals surface area (Å²) in [5.74, 6) is 0.891. The average molecular weight is 404 g/mol. The number of nitrogens with zero attached hydrogens (tertiary/aromatic N) is 3. The normalized spacial score (nSPS) is 20.6. The third kappa shape index (κ3) is 3.66. The molecule has 1 unspecified atom stereocenters. The summed E-state index contributed by atoms with van der Waals surface area (Å²) in [5, 5.41) is 0. The van der Waals surface area contributed by atoms with E-state index in [0.717, 1.165) is 55.4 Å². The largest absolute Gasteiger partial charge is 0.497 e. The van der Waals surface area contributed by atoms with E-state index in [0.29, 0.717) is 6.04 Å². The minimum atomic E-state index is 0.372. The van der Waals surface area contributed by atoms with E-state index in [9.17, 15) is 0 Å². The number of morpholine rings is 1. The van der Waals surface area contributed by atoms with Gasteiger partial charge in [0, 0.05) is 26.2 Å². The van der Waals surface area contributed by atoms with E-state index in [-0.39, 0.29) is 0 Å². The van der Waals surface area contributed by atoms with Crippen LogP contribution < -0.4 is 9.64 Å². The van der Waals surface area contributed by atoms with Crippen LogP contribution in [-0.4, -0.2) is 49.3 Å². The van der Waals surface area contributed by atoms with E-state index in [2.05, 4.69) is 43.9 Å². The zero-order chi connectivity index (χ0) is 17.2. The lowest BCUT2D eigenvalue weighted by atomic mass is 10.1. The second kappa shape index (κ2) is 7.32. The molecule has 4 rings (SSSR count). The SMILES string of the molecule is COc1ccc(CN2Cc3nc(Br)ccc3N3CCOCC3C2)cc1. The lowest BCUT2D eigenvalue weighted by molar-refractivity contribution is 0.0797. The third-order valence-corrected chi connectivity index (χ3v) is 5.30. The molecule has 1 aromatic heterocycles. The molecule has 3 heterocycles. The van der Waals surface area contributed by atoms with E-state index in [4.69, 9.17) is 14.5 Å². The van der Waals surface area contributed by atoms with Crippen LogP contribution in [0.1, 0.15) is 11.3 Å². The summed E-state index contributed by atoms with van der Waals surface area (Å²) in [6.45, 7) is 5.19. The lowest BCUT2D eigenvalue weighted by Crippen LogP contribution is -2.49. The molecule has 5 nitrogen and oxygen atoms in total. The van der Waals surface area contributed by atoms with Crippen molar-refractivity contribution in [3.05, 3.63) is 52.3 Å². The molecule has 2 aliphatic rings. The van der Waals surface area contributed by atoms with Crippen LogP contribution in [0.4, 0.5) is 5.69 Å². The first-order valence-corrected chi connectivity index (χ1v) is 9.37. The molecule has 0 saturated carbocycles. The van der Waals surface area contributed by atoms with Gasteiger partial charge >= 0.3 is 0 Å². The number of methoxy groups -OCH3 is 1. The molecule has 1 atom stereocenters. The molecule has 1 saturated heterocycles. The van der Waals surface area contributed by atoms with Gasteiger partial charge in [0.15, 0.2) is 0 Å². The van der Waals surface area contributed by atoms with Crippen molar-refractivity contribution in [1.29, 1.82) is 0 Å². The smallest absolute Gasteiger partial charge is 0.118 e. The molecule has 0 amide bonds. The first kappa shape index (κ1) is 16.8. The molecule has 0 aliphatic carbocycles. The molecule has 1 aromatic carbocycles. The zero-order valence-corrected chi connectivity index (χ0v) is 15.9. The number of hydrogen-bond donors (Lipinski definition) is 0. The fourth-order valence-corrected chi connectivity index (χ4v) is 4.00. The van der Waals surface area contributed by atoms with E-state index < -0.39 is 0 Å². The van der Waals surface area contributed by atoms with Crippen molar-refractivity contribution in [3.8, 4) is 5.75 Å². The van der Waals surface area contributed by atoms with Gasteiger partial charge in [0.1, 0.15) is 10.4 Å². The highest BCUT2D eigenvalue weighted by atomic mass is 79.9. The number of fused-ring (bicyclic) bond motifs is 3. The van der Waals surface area contributed by atoms with Gasteiger partial charge < -0.3 is 14.4 Å². The summed E-state index contributed by atoms with van der Waals surface area (Å²) in [5.41, 5.74) is 3.66. The highest BCUT2D eigenvalue weighted by Crippen LogP contribution is 2.30. The summed E-state index contributed by atoms with van der Waals surface area (Å²) in [7, 11) is 1.70. The Kier molecular flexibility index (Phi) is 4.92. The molecular formula is C19H22BrN3O2. The van der Waals surface area contributed by atoms with Crippen molar-refractivity contribution in [2.45, 2.75) is 19.1 Å². The molecule has 6 heteroatoms. The summed E-state index contributed by atoms with van der Waals surface area (Å²) < 4.78 is 11.9. The minimum absolute atomic E-state index is 0.372. The van der Waals surface area contributed by atoms with Gasteiger partial charge in [0.25, 0.3) is 0 Å². The number of halogens is 1. The van der Waals surface area contributed by atoms with Crippen molar-refractivity contribution < 1.29 is 9.47 Å². The highest BCUT2D eigenvalue weighted by molar-refractivity contribution is 9.10. The van der Waals surface area contributed by atoms with Gasteiger partial charge in [-0.05, 0) is 45.8 Å². The fourth-order valence-electron chi connectivity index (χ4n) is 3.65. The van der Waals surface area contributed by atoms with Gasteiger partial charge in [-0.15, -0.1) is 0 Å². The van der Waals surface area contributed by atoms with Gasteiger partial charge in [-0.2, -0.15) is 0 Å². The molecule has 1 fully saturated rings. The Labute approximate surface area is 156 Å². The number of rotatable bonds is 3. The van der Waals surface area contributed by atoms with Crippen molar-refractivity contribution in [2.75, 3.05) is 38.3 Å². The van der Waals surface area contributed by atoms with Crippen LogP contribution in [0, 0.1) is 0 Å². The maximum atomic E-state index is 5.75. The fraction of sp³-hybridized carbons (Fsp3) is 0.421. The van der Waals surface area contributed by atoms with Crippen LogP contribution in [0.2, 0.25) is 0 Å². The third-order valence-electron chi connectivity index (χ3n) is 4.86. The van der Waals surface area contributed by atoms with Crippen LogP contribution in [-0.2, 0) is 17.8 Å². The van der Waals surface area contributed by atoms with E-state index in [1.54, 1.807) is 7.11 Å². The van der Waals surface area contributed by atoms with E-state index in [1.165, 1.54) is 11.3 Å². The highest BCUT2D eigenvalue weighted by Gasteiger charge is 2.31. The van der Waals surface area contributed by atoms with Crippen molar-refractivity contribution in [1.82, 2.24) is 9.88 Å². The van der Waals surface area contributed by atoms with Crippen LogP contribution in [0.5, 0.6) is 5.75 Å². The molecule has 0 radical (unpaired) electrons. The zero-order valence-electron chi connectivity index (χ0n) is 14.3. The summed E-state index contributed by atoms with van der Waals surface area (Å²) >= 11 is 3.52. The average Bonchev–Trinajstić information content (AvgIpc) is 2.78. The molecular weight excluding hydrogens is 382 g/mol. The molecule has 0 bridgehead atoms. The second-order valence-corrected chi connectivity index (χ2v) is 7.35. The van der Waals surface area contributed by atoms with E-state index >= 15 is 0 Å². The van der Waals surface area contributed by atoms with Crippen LogP contribution >= 0.6 is 15.9 Å². The van der Waals surface area contributed by atoms with Gasteiger partial charge in [0.2, 0.25) is 0 Å². The number of pyridine rings is 1. The second-order valence-electron chi connectivity index (χ2n) is 6.54. The van der Waals surface area contributed by atoms with Crippen LogP contribution in [0.15, 0.2) is 41.0 Å². The van der Waals surface area contributed by atoms with Gasteiger partial charge in [-0.25, -0.2) is 4.98 Å². The quantitative estimate of drug-likeness (QED) is 0.736. The number of aromatic nitrogens is 1. The Hall–Kier alpha value is -1.63. The number of hydrogen-bond acceptors (Lipinski definition) is 5. The Morgan fingerprint density at radius 1 is 1.24 bits per heavy atom. The number of benzene rings is 1. The molecule has 132 valence electrons. The minimum Gasteiger partial charge on any atom is -0.497 e. The number of anilines is 1. The molecule has 2 aromatic rings. The number of ether oxygens (including phenoxy) is 2. The first-order valence-electron chi connectivity index (χ1n) is 8.58. The Bertz CT molecular complexity index is 738. The predicted octanol–water partition coefficient (Wildman–Crippen LogP) is 3.07. The van der Waals surface area contributed by atoms with Crippen molar-refractivity contribution in [2.24, 2.45) is 0 Å². The monoisotopic (exact) mass is 403 g/mol. The van der Waals surface area contributed by atoms with Gasteiger partial charge in [0.05, 0.1) is 37.7 Å². The Morgan fingerprint density at radius 3 is 2.88 bits per heavy atom. The lowest BCUT2D eigenvalue weighted by Gasteiger charge is -2.37.